The van der Waals surface area contributed by atoms with Crippen LogP contribution in [-0.2, 0) is 13.0 Å². The highest BCUT2D eigenvalue weighted by Gasteiger charge is 2.25. The van der Waals surface area contributed by atoms with E-state index in [9.17, 15) is 14.0 Å². The van der Waals surface area contributed by atoms with Crippen molar-refractivity contribution in [2.24, 2.45) is 0 Å². The number of amides is 2. The van der Waals surface area contributed by atoms with E-state index in [0.717, 1.165) is 10.4 Å². The number of rotatable bonds is 2. The quantitative estimate of drug-likeness (QED) is 0.655. The molecule has 0 fully saturated rings. The zero-order valence-corrected chi connectivity index (χ0v) is 13.2. The van der Waals surface area contributed by atoms with E-state index in [0.29, 0.717) is 35.5 Å². The van der Waals surface area contributed by atoms with Crippen LogP contribution in [0.1, 0.15) is 36.0 Å². The number of hydrogen-bond acceptors (Lipinski definition) is 4. The van der Waals surface area contributed by atoms with E-state index >= 15 is 0 Å². The topological polar surface area (TPSA) is 69.6 Å². The molecule has 2 amide bonds. The van der Waals surface area contributed by atoms with Crippen molar-refractivity contribution < 1.29 is 19.2 Å². The van der Waals surface area contributed by atoms with Crippen LogP contribution >= 0.6 is 11.3 Å². The molecule has 1 aliphatic heterocycles. The van der Waals surface area contributed by atoms with E-state index in [4.69, 9.17) is 5.21 Å². The lowest BCUT2D eigenvalue weighted by molar-refractivity contribution is 0.0709. The molecule has 0 saturated heterocycles. The Kier molecular flexibility index (Phi) is 4.14. The van der Waals surface area contributed by atoms with Crippen molar-refractivity contribution in [2.45, 2.75) is 19.9 Å². The van der Waals surface area contributed by atoms with Gasteiger partial charge in [0.05, 0.1) is 11.4 Å². The molecule has 3 rings (SSSR count). The van der Waals surface area contributed by atoms with E-state index in [1.807, 2.05) is 0 Å². The number of hydrogen-bond donors (Lipinski definition) is 2. The number of nitrogens with zero attached hydrogens (tertiary/aromatic N) is 1. The van der Waals surface area contributed by atoms with Gasteiger partial charge in [-0.15, -0.1) is 11.3 Å². The number of benzene rings is 1. The van der Waals surface area contributed by atoms with Crippen LogP contribution in [0.15, 0.2) is 24.3 Å². The van der Waals surface area contributed by atoms with Gasteiger partial charge in [-0.25, -0.2) is 9.87 Å². The maximum absolute atomic E-state index is 13.3. The summed E-state index contributed by atoms with van der Waals surface area (Å²) in [5, 5.41) is 8.70. The fourth-order valence-corrected chi connectivity index (χ4v) is 3.74. The average molecular weight is 334 g/mol. The van der Waals surface area contributed by atoms with E-state index in [1.165, 1.54) is 23.5 Å². The molecule has 23 heavy (non-hydrogen) atoms. The number of carbonyl (C=O) groups excluding carboxylic acids is 2. The Morgan fingerprint density at radius 3 is 2.83 bits per heavy atom. The van der Waals surface area contributed by atoms with Gasteiger partial charge in [-0.1, -0.05) is 0 Å². The number of carbonyl (C=O) groups is 2. The predicted octanol–water partition coefficient (Wildman–Crippen LogP) is 2.51. The maximum Gasteiger partial charge on any atom is 0.284 e. The smallest absolute Gasteiger partial charge is 0.284 e. The first kappa shape index (κ1) is 15.6. The van der Waals surface area contributed by atoms with Crippen molar-refractivity contribution in [3.8, 4) is 0 Å². The number of fused-ring (bicyclic) bond motifs is 1. The highest BCUT2D eigenvalue weighted by Crippen LogP contribution is 2.29. The van der Waals surface area contributed by atoms with Crippen LogP contribution < -0.4 is 5.48 Å². The van der Waals surface area contributed by atoms with Crippen LogP contribution in [0.5, 0.6) is 0 Å². The molecular weight excluding hydrogens is 319 g/mol. The number of hydroxylamine groups is 1. The number of nitrogens with one attached hydrogen (secondary N) is 1. The minimum Gasteiger partial charge on any atom is -0.333 e. The average Bonchev–Trinajstić information content (AvgIpc) is 2.99. The minimum atomic E-state index is -0.545. The lowest BCUT2D eigenvalue weighted by Gasteiger charge is -2.27. The Morgan fingerprint density at radius 1 is 1.35 bits per heavy atom. The first-order valence-corrected chi connectivity index (χ1v) is 7.92. The largest absolute Gasteiger partial charge is 0.333 e. The Hall–Kier alpha value is -2.25. The van der Waals surface area contributed by atoms with Gasteiger partial charge in [0.15, 0.2) is 0 Å². The first-order valence-electron chi connectivity index (χ1n) is 7.11. The molecule has 7 heteroatoms. The fourth-order valence-electron chi connectivity index (χ4n) is 2.62. The third-order valence-corrected chi connectivity index (χ3v) is 5.06. The van der Waals surface area contributed by atoms with Gasteiger partial charge in [-0.05, 0) is 48.7 Å². The van der Waals surface area contributed by atoms with E-state index in [2.05, 4.69) is 0 Å². The number of thiophene rings is 1. The summed E-state index contributed by atoms with van der Waals surface area (Å²) < 4.78 is 13.3. The molecule has 0 unspecified atom stereocenters. The fraction of sp³-hybridized carbons (Fsp3) is 0.250. The number of halogens is 1. The van der Waals surface area contributed by atoms with E-state index in [-0.39, 0.29) is 11.7 Å². The lowest BCUT2D eigenvalue weighted by atomic mass is 10.1. The van der Waals surface area contributed by atoms with E-state index in [1.54, 1.807) is 29.4 Å². The van der Waals surface area contributed by atoms with Crippen molar-refractivity contribution in [3.05, 3.63) is 56.5 Å². The van der Waals surface area contributed by atoms with Gasteiger partial charge in [0.2, 0.25) is 0 Å². The summed E-state index contributed by atoms with van der Waals surface area (Å²) in [6.07, 6.45) is 0.649. The van der Waals surface area contributed by atoms with Gasteiger partial charge in [-0.3, -0.25) is 14.8 Å². The van der Waals surface area contributed by atoms with Crippen molar-refractivity contribution in [3.63, 3.8) is 0 Å². The molecule has 2 heterocycles. The lowest BCUT2D eigenvalue weighted by Crippen LogP contribution is -2.35. The normalized spacial score (nSPS) is 13.6. The Labute approximate surface area is 136 Å². The standard InChI is InChI=1S/C16H15FN2O3S/c1-9-6-11(2-3-12(9)17)16(21)19-5-4-10-7-13(15(20)18-22)23-14(10)8-19/h2-3,6-7,22H,4-5,8H2,1H3,(H,18,20). The molecule has 1 aliphatic rings. The van der Waals surface area contributed by atoms with Crippen molar-refractivity contribution in [1.29, 1.82) is 0 Å². The second-order valence-corrected chi connectivity index (χ2v) is 6.58. The SMILES string of the molecule is Cc1cc(C(=O)N2CCc3cc(C(=O)NO)sc3C2)ccc1F. The van der Waals surface area contributed by atoms with Crippen LogP contribution in [0.2, 0.25) is 0 Å². The molecule has 1 aromatic carbocycles. The third kappa shape index (κ3) is 2.97. The van der Waals surface area contributed by atoms with Gasteiger partial charge in [0, 0.05) is 17.0 Å². The van der Waals surface area contributed by atoms with Crippen molar-refractivity contribution >= 4 is 23.2 Å². The molecule has 0 atom stereocenters. The van der Waals surface area contributed by atoms with Crippen LogP contribution in [0.25, 0.3) is 0 Å². The monoisotopic (exact) mass is 334 g/mol. The first-order chi connectivity index (χ1) is 11.0. The molecule has 0 saturated carbocycles. The third-order valence-electron chi connectivity index (χ3n) is 3.90. The van der Waals surface area contributed by atoms with Gasteiger partial charge in [0.25, 0.3) is 11.8 Å². The Morgan fingerprint density at radius 2 is 2.13 bits per heavy atom. The molecular formula is C16H15FN2O3S. The minimum absolute atomic E-state index is 0.152. The second-order valence-electron chi connectivity index (χ2n) is 5.44. The van der Waals surface area contributed by atoms with Crippen LogP contribution in [0.3, 0.4) is 0 Å². The Balaban J connectivity index is 1.81. The summed E-state index contributed by atoms with van der Waals surface area (Å²) in [4.78, 5) is 27.1. The molecule has 1 aromatic heterocycles. The van der Waals surface area contributed by atoms with Crippen molar-refractivity contribution in [1.82, 2.24) is 10.4 Å². The summed E-state index contributed by atoms with van der Waals surface area (Å²) in [5.74, 6) is -1.03. The summed E-state index contributed by atoms with van der Waals surface area (Å²) in [6, 6.07) is 6.08. The molecule has 2 aromatic rings. The van der Waals surface area contributed by atoms with Gasteiger partial charge >= 0.3 is 0 Å². The van der Waals surface area contributed by atoms with Crippen LogP contribution in [0.4, 0.5) is 4.39 Å². The summed E-state index contributed by atoms with van der Waals surface area (Å²) >= 11 is 1.26. The molecule has 0 spiro atoms. The van der Waals surface area contributed by atoms with Crippen molar-refractivity contribution in [2.75, 3.05) is 6.54 Å². The zero-order valence-electron chi connectivity index (χ0n) is 12.4. The molecule has 5 nitrogen and oxygen atoms in total. The Bertz CT molecular complexity index is 788. The zero-order chi connectivity index (χ0) is 16.6. The maximum atomic E-state index is 13.3. The van der Waals surface area contributed by atoms with Gasteiger partial charge < -0.3 is 4.90 Å². The molecule has 2 N–H and O–H groups in total. The molecule has 120 valence electrons. The van der Waals surface area contributed by atoms with Gasteiger partial charge in [0.1, 0.15) is 5.82 Å². The number of aryl methyl sites for hydroxylation is 1. The van der Waals surface area contributed by atoms with E-state index < -0.39 is 5.91 Å². The van der Waals surface area contributed by atoms with Crippen LogP contribution in [-0.4, -0.2) is 28.5 Å². The highest BCUT2D eigenvalue weighted by atomic mass is 32.1. The molecule has 0 radical (unpaired) electrons. The highest BCUT2D eigenvalue weighted by molar-refractivity contribution is 7.14. The summed E-state index contributed by atoms with van der Waals surface area (Å²) in [6.45, 7) is 2.58. The molecule has 0 aliphatic carbocycles. The summed E-state index contributed by atoms with van der Waals surface area (Å²) in [7, 11) is 0. The second kappa shape index (κ2) is 6.10. The van der Waals surface area contributed by atoms with Gasteiger partial charge in [-0.2, -0.15) is 0 Å². The van der Waals surface area contributed by atoms with Crippen LogP contribution in [0, 0.1) is 12.7 Å². The predicted molar refractivity (Wildman–Crippen MR) is 83.2 cm³/mol. The molecule has 0 bridgehead atoms. The summed E-state index contributed by atoms with van der Waals surface area (Å²) in [5.41, 5.74) is 3.53.